The molecule has 0 bridgehead atoms. The molecule has 1 N–H and O–H groups in total. The van der Waals surface area contributed by atoms with Crippen molar-refractivity contribution in [2.24, 2.45) is 0 Å². The largest absolute Gasteiger partial charge is 0.358 e. The van der Waals surface area contributed by atoms with Gasteiger partial charge in [0.25, 0.3) is 0 Å². The SMILES string of the molecule is C=CCN(C(=S)NCc1ccc(Cl)cc1Cl)C1CCCCC1. The molecule has 0 aromatic heterocycles. The van der Waals surface area contributed by atoms with Crippen molar-refractivity contribution in [1.82, 2.24) is 10.2 Å². The smallest absolute Gasteiger partial charge is 0.169 e. The zero-order valence-corrected chi connectivity index (χ0v) is 15.0. The second-order valence-electron chi connectivity index (χ2n) is 5.63. The van der Waals surface area contributed by atoms with Crippen molar-refractivity contribution in [2.45, 2.75) is 44.7 Å². The van der Waals surface area contributed by atoms with Crippen LogP contribution in [0.25, 0.3) is 0 Å². The van der Waals surface area contributed by atoms with E-state index in [0.29, 0.717) is 22.6 Å². The van der Waals surface area contributed by atoms with Crippen LogP contribution in [0.3, 0.4) is 0 Å². The van der Waals surface area contributed by atoms with E-state index in [1.54, 1.807) is 6.07 Å². The molecule has 1 saturated carbocycles. The van der Waals surface area contributed by atoms with Gasteiger partial charge in [-0.15, -0.1) is 6.58 Å². The van der Waals surface area contributed by atoms with E-state index in [-0.39, 0.29) is 0 Å². The molecule has 120 valence electrons. The minimum absolute atomic E-state index is 0.521. The van der Waals surface area contributed by atoms with E-state index in [0.717, 1.165) is 17.2 Å². The molecule has 1 aliphatic carbocycles. The third kappa shape index (κ3) is 4.87. The number of thiocarbonyl (C=S) groups is 1. The Balaban J connectivity index is 1.96. The molecular formula is C17H22Cl2N2S. The number of nitrogens with zero attached hydrogens (tertiary/aromatic N) is 1. The van der Waals surface area contributed by atoms with Gasteiger partial charge in [0.15, 0.2) is 5.11 Å². The minimum Gasteiger partial charge on any atom is -0.358 e. The number of halogens is 2. The lowest BCUT2D eigenvalue weighted by molar-refractivity contribution is 0.258. The molecular weight excluding hydrogens is 335 g/mol. The molecule has 1 aromatic rings. The summed E-state index contributed by atoms with van der Waals surface area (Å²) in [7, 11) is 0. The second-order valence-corrected chi connectivity index (χ2v) is 6.86. The van der Waals surface area contributed by atoms with Crippen molar-refractivity contribution in [2.75, 3.05) is 6.54 Å². The lowest BCUT2D eigenvalue weighted by atomic mass is 9.94. The molecule has 22 heavy (non-hydrogen) atoms. The standard InChI is InChI=1S/C17H22Cl2N2S/c1-2-10-21(15-6-4-3-5-7-15)17(22)20-12-13-8-9-14(18)11-16(13)19/h2,8-9,11,15H,1,3-7,10,12H2,(H,20,22). The molecule has 0 unspecified atom stereocenters. The van der Waals surface area contributed by atoms with Crippen LogP contribution in [0.1, 0.15) is 37.7 Å². The molecule has 5 heteroatoms. The van der Waals surface area contributed by atoms with E-state index in [1.807, 2.05) is 18.2 Å². The predicted octanol–water partition coefficient (Wildman–Crippen LogP) is 5.19. The van der Waals surface area contributed by atoms with Gasteiger partial charge in [-0.3, -0.25) is 0 Å². The van der Waals surface area contributed by atoms with E-state index in [2.05, 4.69) is 16.8 Å². The lowest BCUT2D eigenvalue weighted by Gasteiger charge is -2.35. The van der Waals surface area contributed by atoms with Gasteiger partial charge < -0.3 is 10.2 Å². The Bertz CT molecular complexity index is 527. The van der Waals surface area contributed by atoms with Gasteiger partial charge in [0.05, 0.1) is 0 Å². The summed E-state index contributed by atoms with van der Waals surface area (Å²) in [6.45, 7) is 5.24. The maximum absolute atomic E-state index is 6.20. The van der Waals surface area contributed by atoms with Crippen molar-refractivity contribution in [3.8, 4) is 0 Å². The summed E-state index contributed by atoms with van der Waals surface area (Å²) in [5, 5.41) is 5.41. The number of nitrogens with one attached hydrogen (secondary N) is 1. The molecule has 0 radical (unpaired) electrons. The molecule has 0 heterocycles. The molecule has 1 aromatic carbocycles. The van der Waals surface area contributed by atoms with Gasteiger partial charge in [0.1, 0.15) is 0 Å². The first-order valence-corrected chi connectivity index (χ1v) is 8.87. The monoisotopic (exact) mass is 356 g/mol. The number of benzene rings is 1. The first-order chi connectivity index (χ1) is 10.6. The highest BCUT2D eigenvalue weighted by Gasteiger charge is 2.22. The summed E-state index contributed by atoms with van der Waals surface area (Å²) in [6, 6.07) is 6.05. The zero-order valence-electron chi connectivity index (χ0n) is 12.7. The Labute approximate surface area is 148 Å². The maximum Gasteiger partial charge on any atom is 0.169 e. The Morgan fingerprint density at radius 2 is 2.05 bits per heavy atom. The van der Waals surface area contributed by atoms with Crippen LogP contribution in [0.4, 0.5) is 0 Å². The van der Waals surface area contributed by atoms with E-state index in [4.69, 9.17) is 35.4 Å². The Morgan fingerprint density at radius 3 is 2.68 bits per heavy atom. The summed E-state index contributed by atoms with van der Waals surface area (Å²) in [6.07, 6.45) is 8.22. The quantitative estimate of drug-likeness (QED) is 0.577. The van der Waals surface area contributed by atoms with Gasteiger partial charge >= 0.3 is 0 Å². The van der Waals surface area contributed by atoms with Crippen LogP contribution in [-0.4, -0.2) is 22.6 Å². The molecule has 2 rings (SSSR count). The van der Waals surface area contributed by atoms with Gasteiger partial charge in [-0.25, -0.2) is 0 Å². The van der Waals surface area contributed by atoms with Gasteiger partial charge in [0, 0.05) is 29.2 Å². The van der Waals surface area contributed by atoms with Crippen LogP contribution in [0, 0.1) is 0 Å². The molecule has 1 fully saturated rings. The minimum atomic E-state index is 0.521. The highest BCUT2D eigenvalue weighted by atomic mass is 35.5. The van der Waals surface area contributed by atoms with Crippen molar-refractivity contribution >= 4 is 40.5 Å². The van der Waals surface area contributed by atoms with Crippen molar-refractivity contribution in [3.05, 3.63) is 46.5 Å². The summed E-state index contributed by atoms with van der Waals surface area (Å²) < 4.78 is 0. The topological polar surface area (TPSA) is 15.3 Å². The molecule has 0 amide bonds. The zero-order chi connectivity index (χ0) is 15.9. The lowest BCUT2D eigenvalue weighted by Crippen LogP contribution is -2.46. The summed E-state index contributed by atoms with van der Waals surface area (Å²) >= 11 is 17.7. The number of hydrogen-bond acceptors (Lipinski definition) is 1. The van der Waals surface area contributed by atoms with Crippen LogP contribution in [-0.2, 0) is 6.54 Å². The highest BCUT2D eigenvalue weighted by molar-refractivity contribution is 7.80. The van der Waals surface area contributed by atoms with Crippen LogP contribution in [0.15, 0.2) is 30.9 Å². The normalized spacial score (nSPS) is 15.4. The number of rotatable bonds is 5. The fourth-order valence-electron chi connectivity index (χ4n) is 2.87. The van der Waals surface area contributed by atoms with Crippen LogP contribution >= 0.6 is 35.4 Å². The van der Waals surface area contributed by atoms with E-state index in [9.17, 15) is 0 Å². The maximum atomic E-state index is 6.20. The van der Waals surface area contributed by atoms with Gasteiger partial charge in [-0.1, -0.05) is 54.6 Å². The molecule has 0 atom stereocenters. The summed E-state index contributed by atoms with van der Waals surface area (Å²) in [5.41, 5.74) is 0.996. The fourth-order valence-corrected chi connectivity index (χ4v) is 3.64. The van der Waals surface area contributed by atoms with E-state index >= 15 is 0 Å². The van der Waals surface area contributed by atoms with Crippen LogP contribution < -0.4 is 5.32 Å². The third-order valence-corrected chi connectivity index (χ3v) is 5.01. The second kappa shape index (κ2) is 8.76. The summed E-state index contributed by atoms with van der Waals surface area (Å²) in [4.78, 5) is 2.26. The van der Waals surface area contributed by atoms with E-state index in [1.165, 1.54) is 32.1 Å². The molecule has 0 aliphatic heterocycles. The predicted molar refractivity (Wildman–Crippen MR) is 99.7 cm³/mol. The molecule has 1 aliphatic rings. The molecule has 0 spiro atoms. The number of hydrogen-bond donors (Lipinski definition) is 1. The Kier molecular flexibility index (Phi) is 7.00. The fraction of sp³-hybridized carbons (Fsp3) is 0.471. The Morgan fingerprint density at radius 1 is 1.32 bits per heavy atom. The van der Waals surface area contributed by atoms with Gasteiger partial charge in [0.2, 0.25) is 0 Å². The van der Waals surface area contributed by atoms with E-state index < -0.39 is 0 Å². The average molecular weight is 357 g/mol. The highest BCUT2D eigenvalue weighted by Crippen LogP contribution is 2.23. The third-order valence-electron chi connectivity index (χ3n) is 4.05. The Hall–Kier alpha value is -0.770. The van der Waals surface area contributed by atoms with Crippen molar-refractivity contribution in [1.29, 1.82) is 0 Å². The molecule has 0 saturated heterocycles. The van der Waals surface area contributed by atoms with Crippen LogP contribution in [0.5, 0.6) is 0 Å². The first-order valence-electron chi connectivity index (χ1n) is 7.71. The molecule has 2 nitrogen and oxygen atoms in total. The van der Waals surface area contributed by atoms with Crippen molar-refractivity contribution < 1.29 is 0 Å². The van der Waals surface area contributed by atoms with Gasteiger partial charge in [-0.2, -0.15) is 0 Å². The summed E-state index contributed by atoms with van der Waals surface area (Å²) in [5.74, 6) is 0. The van der Waals surface area contributed by atoms with Crippen molar-refractivity contribution in [3.63, 3.8) is 0 Å². The first kappa shape index (κ1) is 17.6. The van der Waals surface area contributed by atoms with Gasteiger partial charge in [-0.05, 0) is 42.8 Å². The average Bonchev–Trinajstić information content (AvgIpc) is 2.52. The van der Waals surface area contributed by atoms with Crippen LogP contribution in [0.2, 0.25) is 10.0 Å².